The lowest BCUT2D eigenvalue weighted by atomic mass is 9.79. The number of carbonyl (C=O) groups is 1. The van der Waals surface area contributed by atoms with Gasteiger partial charge < -0.3 is 5.11 Å². The van der Waals surface area contributed by atoms with Crippen LogP contribution in [-0.2, 0) is 11.2 Å². The average Bonchev–Trinajstić information content (AvgIpc) is 2.72. The maximum atomic E-state index is 11.5. The summed E-state index contributed by atoms with van der Waals surface area (Å²) in [6.07, 6.45) is 4.45. The summed E-state index contributed by atoms with van der Waals surface area (Å²) in [6.45, 7) is 4.14. The van der Waals surface area contributed by atoms with Crippen molar-refractivity contribution in [2.24, 2.45) is 5.41 Å². The van der Waals surface area contributed by atoms with E-state index in [-0.39, 0.29) is 0 Å². The van der Waals surface area contributed by atoms with Gasteiger partial charge in [0.2, 0.25) is 0 Å². The van der Waals surface area contributed by atoms with Crippen molar-refractivity contribution in [2.75, 3.05) is 0 Å². The van der Waals surface area contributed by atoms with Crippen LogP contribution in [0.4, 0.5) is 0 Å². The lowest BCUT2D eigenvalue weighted by Gasteiger charge is -2.24. The molecule has 0 radical (unpaired) electrons. The molecule has 1 saturated carbocycles. The van der Waals surface area contributed by atoms with Gasteiger partial charge in [-0.3, -0.25) is 4.79 Å². The zero-order valence-electron chi connectivity index (χ0n) is 10.6. The van der Waals surface area contributed by atoms with E-state index in [2.05, 4.69) is 32.0 Å². The Morgan fingerprint density at radius 2 is 1.94 bits per heavy atom. The van der Waals surface area contributed by atoms with E-state index in [9.17, 15) is 9.90 Å². The summed E-state index contributed by atoms with van der Waals surface area (Å²) in [6, 6.07) is 6.31. The van der Waals surface area contributed by atoms with E-state index in [1.807, 2.05) is 0 Å². The number of aryl methyl sites for hydroxylation is 2. The number of rotatable bonds is 3. The predicted molar refractivity (Wildman–Crippen MR) is 68.2 cm³/mol. The zero-order chi connectivity index (χ0) is 12.5. The van der Waals surface area contributed by atoms with Crippen LogP contribution in [0.15, 0.2) is 18.2 Å². The van der Waals surface area contributed by atoms with Crippen molar-refractivity contribution in [3.8, 4) is 0 Å². The number of aliphatic carboxylic acids is 1. The monoisotopic (exact) mass is 232 g/mol. The zero-order valence-corrected chi connectivity index (χ0v) is 10.6. The van der Waals surface area contributed by atoms with E-state index < -0.39 is 11.4 Å². The van der Waals surface area contributed by atoms with Crippen molar-refractivity contribution in [2.45, 2.75) is 46.0 Å². The first-order chi connectivity index (χ1) is 8.03. The van der Waals surface area contributed by atoms with Crippen LogP contribution in [0, 0.1) is 19.3 Å². The molecule has 0 aliphatic heterocycles. The van der Waals surface area contributed by atoms with Gasteiger partial charge in [0.15, 0.2) is 0 Å². The van der Waals surface area contributed by atoms with E-state index in [0.717, 1.165) is 25.7 Å². The molecule has 0 atom stereocenters. The normalized spacial score (nSPS) is 18.2. The number of carboxylic acid groups (broad SMARTS) is 1. The molecule has 17 heavy (non-hydrogen) atoms. The lowest BCUT2D eigenvalue weighted by molar-refractivity contribution is -0.148. The van der Waals surface area contributed by atoms with Crippen LogP contribution in [0.1, 0.15) is 42.4 Å². The molecular weight excluding hydrogens is 212 g/mol. The maximum Gasteiger partial charge on any atom is 0.309 e. The quantitative estimate of drug-likeness (QED) is 0.866. The molecule has 2 rings (SSSR count). The van der Waals surface area contributed by atoms with Gasteiger partial charge in [0, 0.05) is 0 Å². The van der Waals surface area contributed by atoms with Crippen molar-refractivity contribution < 1.29 is 9.90 Å². The van der Waals surface area contributed by atoms with Gasteiger partial charge in [-0.05, 0) is 44.2 Å². The van der Waals surface area contributed by atoms with Crippen molar-refractivity contribution in [1.82, 2.24) is 0 Å². The minimum Gasteiger partial charge on any atom is -0.481 e. The Hall–Kier alpha value is -1.31. The summed E-state index contributed by atoms with van der Waals surface area (Å²) in [7, 11) is 0. The molecule has 0 spiro atoms. The highest BCUT2D eigenvalue weighted by Crippen LogP contribution is 2.41. The topological polar surface area (TPSA) is 37.3 Å². The lowest BCUT2D eigenvalue weighted by Crippen LogP contribution is -2.30. The fourth-order valence-corrected chi connectivity index (χ4v) is 2.93. The summed E-state index contributed by atoms with van der Waals surface area (Å²) < 4.78 is 0. The number of hydrogen-bond donors (Lipinski definition) is 1. The SMILES string of the molecule is Cc1ccc(CC2(C(=O)O)CCCC2)c(C)c1. The molecule has 0 bridgehead atoms. The Kier molecular flexibility index (Phi) is 3.23. The third-order valence-corrected chi connectivity index (χ3v) is 4.04. The fourth-order valence-electron chi connectivity index (χ4n) is 2.93. The smallest absolute Gasteiger partial charge is 0.309 e. The van der Waals surface area contributed by atoms with Crippen molar-refractivity contribution in [3.63, 3.8) is 0 Å². The van der Waals surface area contributed by atoms with Gasteiger partial charge in [-0.2, -0.15) is 0 Å². The molecule has 0 aromatic heterocycles. The number of benzene rings is 1. The molecule has 1 N–H and O–H groups in total. The highest BCUT2D eigenvalue weighted by Gasteiger charge is 2.41. The molecule has 2 nitrogen and oxygen atoms in total. The van der Waals surface area contributed by atoms with Crippen LogP contribution in [-0.4, -0.2) is 11.1 Å². The molecule has 0 heterocycles. The maximum absolute atomic E-state index is 11.5. The molecule has 1 aliphatic rings. The van der Waals surface area contributed by atoms with Gasteiger partial charge in [0.1, 0.15) is 0 Å². The van der Waals surface area contributed by atoms with E-state index in [1.54, 1.807) is 0 Å². The Morgan fingerprint density at radius 3 is 2.47 bits per heavy atom. The second kappa shape index (κ2) is 4.52. The molecule has 1 aliphatic carbocycles. The second-order valence-corrected chi connectivity index (χ2v) is 5.40. The fraction of sp³-hybridized carbons (Fsp3) is 0.533. The molecule has 1 aromatic carbocycles. The van der Waals surface area contributed by atoms with Gasteiger partial charge in [-0.15, -0.1) is 0 Å². The van der Waals surface area contributed by atoms with Gasteiger partial charge in [0.25, 0.3) is 0 Å². The minimum absolute atomic E-state index is 0.500. The minimum atomic E-state index is -0.616. The first-order valence-corrected chi connectivity index (χ1v) is 6.33. The standard InChI is InChI=1S/C15H20O2/c1-11-5-6-13(12(2)9-11)10-15(14(16)17)7-3-4-8-15/h5-6,9H,3-4,7-8,10H2,1-2H3,(H,16,17). The van der Waals surface area contributed by atoms with Crippen LogP contribution < -0.4 is 0 Å². The largest absolute Gasteiger partial charge is 0.481 e. The van der Waals surface area contributed by atoms with Gasteiger partial charge in [-0.25, -0.2) is 0 Å². The third kappa shape index (κ3) is 2.36. The van der Waals surface area contributed by atoms with E-state index in [1.165, 1.54) is 16.7 Å². The molecule has 1 fully saturated rings. The first-order valence-electron chi connectivity index (χ1n) is 6.33. The van der Waals surface area contributed by atoms with Crippen LogP contribution in [0.2, 0.25) is 0 Å². The third-order valence-electron chi connectivity index (χ3n) is 4.04. The highest BCUT2D eigenvalue weighted by atomic mass is 16.4. The molecular formula is C15H20O2. The summed E-state index contributed by atoms with van der Waals surface area (Å²) in [5.74, 6) is -0.616. The Bertz CT molecular complexity index is 429. The molecule has 92 valence electrons. The first kappa shape index (κ1) is 12.2. The molecule has 0 saturated heterocycles. The van der Waals surface area contributed by atoms with Gasteiger partial charge >= 0.3 is 5.97 Å². The van der Waals surface area contributed by atoms with Crippen molar-refractivity contribution >= 4 is 5.97 Å². The summed E-state index contributed by atoms with van der Waals surface area (Å²) in [5.41, 5.74) is 3.15. The Morgan fingerprint density at radius 1 is 1.29 bits per heavy atom. The predicted octanol–water partition coefficient (Wildman–Crippen LogP) is 3.49. The second-order valence-electron chi connectivity index (χ2n) is 5.40. The van der Waals surface area contributed by atoms with Crippen LogP contribution >= 0.6 is 0 Å². The molecule has 2 heteroatoms. The van der Waals surface area contributed by atoms with Crippen LogP contribution in [0.3, 0.4) is 0 Å². The van der Waals surface area contributed by atoms with Crippen molar-refractivity contribution in [3.05, 3.63) is 34.9 Å². The average molecular weight is 232 g/mol. The highest BCUT2D eigenvalue weighted by molar-refractivity contribution is 5.75. The number of carboxylic acids is 1. The van der Waals surface area contributed by atoms with Gasteiger partial charge in [-0.1, -0.05) is 36.6 Å². The Balaban J connectivity index is 2.26. The molecule has 0 unspecified atom stereocenters. The summed E-state index contributed by atoms with van der Waals surface area (Å²) in [5, 5.41) is 9.47. The number of hydrogen-bond acceptors (Lipinski definition) is 1. The molecule has 1 aromatic rings. The van der Waals surface area contributed by atoms with E-state index in [4.69, 9.17) is 0 Å². The van der Waals surface area contributed by atoms with E-state index >= 15 is 0 Å². The van der Waals surface area contributed by atoms with E-state index in [0.29, 0.717) is 6.42 Å². The van der Waals surface area contributed by atoms with Gasteiger partial charge in [0.05, 0.1) is 5.41 Å². The summed E-state index contributed by atoms with van der Waals surface area (Å²) in [4.78, 5) is 11.5. The van der Waals surface area contributed by atoms with Crippen LogP contribution in [0.5, 0.6) is 0 Å². The molecule has 0 amide bonds. The summed E-state index contributed by atoms with van der Waals surface area (Å²) >= 11 is 0. The van der Waals surface area contributed by atoms with Crippen molar-refractivity contribution in [1.29, 1.82) is 0 Å². The van der Waals surface area contributed by atoms with Crippen LogP contribution in [0.25, 0.3) is 0 Å². The Labute approximate surface area is 103 Å².